The first-order valence-corrected chi connectivity index (χ1v) is 6.36. The van der Waals surface area contributed by atoms with Crippen molar-refractivity contribution in [1.29, 1.82) is 0 Å². The van der Waals surface area contributed by atoms with E-state index in [0.717, 1.165) is 0 Å². The van der Waals surface area contributed by atoms with Crippen molar-refractivity contribution in [2.75, 3.05) is 4.90 Å². The molecule has 90 valence electrons. The normalized spacial score (nSPS) is 27.9. The monoisotopic (exact) mass is 235 g/mol. The molecule has 2 aliphatic heterocycles. The second-order valence-electron chi connectivity index (χ2n) is 4.69. The maximum Gasteiger partial charge on any atom is 0.0740 e. The van der Waals surface area contributed by atoms with E-state index in [4.69, 9.17) is 0 Å². The molecule has 2 bridgehead atoms. The largest absolute Gasteiger partial charge is 0.350 e. The number of allylic oxidation sites excluding steroid dienone is 3. The molecule has 0 amide bonds. The van der Waals surface area contributed by atoms with E-state index in [0.29, 0.717) is 12.1 Å². The molecule has 0 spiro atoms. The lowest BCUT2D eigenvalue weighted by Crippen LogP contribution is -2.29. The Labute approximate surface area is 108 Å². The van der Waals surface area contributed by atoms with Crippen molar-refractivity contribution in [1.82, 2.24) is 0 Å². The van der Waals surface area contributed by atoms with Crippen LogP contribution in [0.1, 0.15) is 6.92 Å². The van der Waals surface area contributed by atoms with Gasteiger partial charge in [0.05, 0.1) is 12.1 Å². The Bertz CT molecular complexity index is 548. The summed E-state index contributed by atoms with van der Waals surface area (Å²) in [6, 6.07) is 11.2. The van der Waals surface area contributed by atoms with Gasteiger partial charge >= 0.3 is 0 Å². The molecule has 1 saturated heterocycles. The molecule has 2 heterocycles. The fraction of sp³-hybridized carbons (Fsp3) is 0.176. The van der Waals surface area contributed by atoms with E-state index in [1.165, 1.54) is 16.8 Å². The third-order valence-electron chi connectivity index (χ3n) is 3.64. The predicted molar refractivity (Wildman–Crippen MR) is 77.7 cm³/mol. The van der Waals surface area contributed by atoms with Crippen LogP contribution in [0.2, 0.25) is 0 Å². The minimum Gasteiger partial charge on any atom is -0.350 e. The fourth-order valence-corrected chi connectivity index (χ4v) is 2.79. The minimum absolute atomic E-state index is 0.328. The summed E-state index contributed by atoms with van der Waals surface area (Å²) in [7, 11) is 0. The number of benzene rings is 1. The Morgan fingerprint density at radius 1 is 1.11 bits per heavy atom. The zero-order valence-electron chi connectivity index (χ0n) is 10.6. The smallest absolute Gasteiger partial charge is 0.0740 e. The number of para-hydroxylation sites is 1. The van der Waals surface area contributed by atoms with Crippen LogP contribution in [0.4, 0.5) is 5.69 Å². The maximum absolute atomic E-state index is 4.25. The molecular weight excluding hydrogens is 218 g/mol. The molecule has 0 N–H and O–H groups in total. The molecule has 0 aliphatic carbocycles. The first-order chi connectivity index (χ1) is 8.83. The number of rotatable bonds is 2. The molecule has 1 heteroatoms. The van der Waals surface area contributed by atoms with Crippen LogP contribution in [0, 0.1) is 0 Å². The summed E-state index contributed by atoms with van der Waals surface area (Å²) in [6.45, 7) is 6.29. The zero-order chi connectivity index (χ0) is 12.5. The Hall–Kier alpha value is -2.02. The van der Waals surface area contributed by atoms with Gasteiger partial charge in [0.2, 0.25) is 0 Å². The standard InChI is InChI=1S/C17H17N/c1-3-4-10-15-13(2)16-11-12-17(15)18(16)14-8-6-5-7-9-14/h3-12,16-17H,2H2,1H3/b4-3-,15-10+. The highest BCUT2D eigenvalue weighted by molar-refractivity contribution is 5.68. The average Bonchev–Trinajstić information content (AvgIpc) is 2.94. The van der Waals surface area contributed by atoms with Gasteiger partial charge in [-0.15, -0.1) is 0 Å². The predicted octanol–water partition coefficient (Wildman–Crippen LogP) is 3.87. The van der Waals surface area contributed by atoms with Crippen molar-refractivity contribution in [3.05, 3.63) is 78.4 Å². The number of hydrogen-bond acceptors (Lipinski definition) is 1. The first kappa shape index (κ1) is 11.1. The lowest BCUT2D eigenvalue weighted by Gasteiger charge is -2.24. The summed E-state index contributed by atoms with van der Waals surface area (Å²) in [5, 5.41) is 0. The molecule has 18 heavy (non-hydrogen) atoms. The molecule has 2 aliphatic rings. The minimum atomic E-state index is 0.328. The highest BCUT2D eigenvalue weighted by atomic mass is 15.2. The fourth-order valence-electron chi connectivity index (χ4n) is 2.79. The van der Waals surface area contributed by atoms with E-state index in [1.54, 1.807) is 0 Å². The Balaban J connectivity index is 2.00. The van der Waals surface area contributed by atoms with Crippen molar-refractivity contribution in [2.24, 2.45) is 0 Å². The van der Waals surface area contributed by atoms with Gasteiger partial charge < -0.3 is 4.90 Å². The molecule has 1 aromatic rings. The molecule has 0 saturated carbocycles. The Kier molecular flexibility index (Phi) is 2.67. The lowest BCUT2D eigenvalue weighted by atomic mass is 9.96. The summed E-state index contributed by atoms with van der Waals surface area (Å²) in [5.41, 5.74) is 3.83. The number of anilines is 1. The molecular formula is C17H17N. The number of nitrogens with zero attached hydrogens (tertiary/aromatic N) is 1. The molecule has 1 fully saturated rings. The highest BCUT2D eigenvalue weighted by Crippen LogP contribution is 2.42. The van der Waals surface area contributed by atoms with Gasteiger partial charge in [0.25, 0.3) is 0 Å². The summed E-state index contributed by atoms with van der Waals surface area (Å²) >= 11 is 0. The van der Waals surface area contributed by atoms with E-state index in [9.17, 15) is 0 Å². The van der Waals surface area contributed by atoms with Crippen molar-refractivity contribution < 1.29 is 0 Å². The summed E-state index contributed by atoms with van der Waals surface area (Å²) in [4.78, 5) is 2.43. The van der Waals surface area contributed by atoms with Gasteiger partial charge in [0, 0.05) is 5.69 Å². The van der Waals surface area contributed by atoms with Gasteiger partial charge in [0.15, 0.2) is 0 Å². The first-order valence-electron chi connectivity index (χ1n) is 6.36. The second-order valence-corrected chi connectivity index (χ2v) is 4.69. The van der Waals surface area contributed by atoms with E-state index >= 15 is 0 Å². The lowest BCUT2D eigenvalue weighted by molar-refractivity contribution is 0.866. The summed E-state index contributed by atoms with van der Waals surface area (Å²) in [5.74, 6) is 0. The van der Waals surface area contributed by atoms with Crippen molar-refractivity contribution in [2.45, 2.75) is 19.0 Å². The third-order valence-corrected chi connectivity index (χ3v) is 3.64. The second kappa shape index (κ2) is 4.34. The van der Waals surface area contributed by atoms with E-state index in [2.05, 4.69) is 72.2 Å². The molecule has 0 aromatic heterocycles. The van der Waals surface area contributed by atoms with Gasteiger partial charge in [-0.1, -0.05) is 55.2 Å². The zero-order valence-corrected chi connectivity index (χ0v) is 10.6. The van der Waals surface area contributed by atoms with E-state index in [-0.39, 0.29) is 0 Å². The molecule has 2 atom stereocenters. The van der Waals surface area contributed by atoms with Gasteiger partial charge in [-0.25, -0.2) is 0 Å². The number of hydrogen-bond donors (Lipinski definition) is 0. The topological polar surface area (TPSA) is 3.24 Å². The van der Waals surface area contributed by atoms with Gasteiger partial charge in [0.1, 0.15) is 0 Å². The van der Waals surface area contributed by atoms with Gasteiger partial charge in [-0.05, 0) is 30.2 Å². The highest BCUT2D eigenvalue weighted by Gasteiger charge is 2.41. The quantitative estimate of drug-likeness (QED) is 0.703. The molecule has 1 aromatic carbocycles. The Morgan fingerprint density at radius 3 is 2.56 bits per heavy atom. The summed E-state index contributed by atoms with van der Waals surface area (Å²) in [6.07, 6.45) is 10.9. The van der Waals surface area contributed by atoms with Crippen LogP contribution in [0.5, 0.6) is 0 Å². The van der Waals surface area contributed by atoms with Crippen molar-refractivity contribution in [3.63, 3.8) is 0 Å². The van der Waals surface area contributed by atoms with Gasteiger partial charge in [-0.3, -0.25) is 0 Å². The maximum atomic E-state index is 4.25. The van der Waals surface area contributed by atoms with Gasteiger partial charge in [-0.2, -0.15) is 0 Å². The molecule has 0 radical (unpaired) electrons. The van der Waals surface area contributed by atoms with Crippen LogP contribution < -0.4 is 4.90 Å². The SMILES string of the molecule is C=C1/C(=C\C=C/C)C2C=CC1N2c1ccccc1. The van der Waals surface area contributed by atoms with Crippen LogP contribution in [0.15, 0.2) is 78.4 Å². The van der Waals surface area contributed by atoms with Crippen molar-refractivity contribution >= 4 is 5.69 Å². The average molecular weight is 235 g/mol. The third kappa shape index (κ3) is 1.55. The van der Waals surface area contributed by atoms with Crippen LogP contribution in [-0.4, -0.2) is 12.1 Å². The molecule has 2 unspecified atom stereocenters. The Morgan fingerprint density at radius 2 is 1.83 bits per heavy atom. The van der Waals surface area contributed by atoms with Crippen molar-refractivity contribution in [3.8, 4) is 0 Å². The number of fused-ring (bicyclic) bond motifs is 2. The van der Waals surface area contributed by atoms with Crippen LogP contribution >= 0.6 is 0 Å². The molecule has 3 rings (SSSR count). The van der Waals surface area contributed by atoms with E-state index in [1.807, 2.05) is 6.92 Å². The van der Waals surface area contributed by atoms with E-state index < -0.39 is 0 Å². The van der Waals surface area contributed by atoms with Crippen LogP contribution in [-0.2, 0) is 0 Å². The summed E-state index contributed by atoms with van der Waals surface area (Å²) < 4.78 is 0. The molecule has 1 nitrogen and oxygen atoms in total. The van der Waals surface area contributed by atoms with Crippen LogP contribution in [0.25, 0.3) is 0 Å². The van der Waals surface area contributed by atoms with Crippen LogP contribution in [0.3, 0.4) is 0 Å².